The van der Waals surface area contributed by atoms with Crippen LogP contribution in [-0.4, -0.2) is 66.5 Å². The lowest BCUT2D eigenvalue weighted by molar-refractivity contribution is -0.139. The molecule has 0 spiro atoms. The lowest BCUT2D eigenvalue weighted by Crippen LogP contribution is -2.40. The monoisotopic (exact) mass is 467 g/mol. The highest BCUT2D eigenvalue weighted by atomic mass is 16.5. The molecule has 0 fully saturated rings. The normalized spacial score (nSPS) is 18.7. The molecule has 9 nitrogen and oxygen atoms in total. The van der Waals surface area contributed by atoms with Gasteiger partial charge in [-0.3, -0.25) is 14.4 Å². The largest absolute Gasteiger partial charge is 0.492 e. The minimum atomic E-state index is -1.12. The molecular formula is C25H29N3O6. The number of carboxylic acids is 1. The van der Waals surface area contributed by atoms with Crippen molar-refractivity contribution in [2.24, 2.45) is 0 Å². The molecule has 0 saturated heterocycles. The van der Waals surface area contributed by atoms with Crippen molar-refractivity contribution in [1.82, 2.24) is 15.5 Å². The molecule has 2 bridgehead atoms. The minimum absolute atomic E-state index is 0.0794. The molecule has 1 heterocycles. The van der Waals surface area contributed by atoms with Gasteiger partial charge in [0.05, 0.1) is 13.0 Å². The summed E-state index contributed by atoms with van der Waals surface area (Å²) in [5.41, 5.74) is 1.35. The number of likely N-dealkylation sites (N-methyl/N-ethyl adjacent to an activating group) is 1. The molecule has 3 amide bonds. The summed E-state index contributed by atoms with van der Waals surface area (Å²) in [7, 11) is 1.66. The number of hydrogen-bond acceptors (Lipinski definition) is 5. The fourth-order valence-corrected chi connectivity index (χ4v) is 3.62. The number of ether oxygens (including phenoxy) is 1. The van der Waals surface area contributed by atoms with E-state index < -0.39 is 17.9 Å². The molecule has 2 aromatic rings. The van der Waals surface area contributed by atoms with Gasteiger partial charge in [0.25, 0.3) is 11.8 Å². The average molecular weight is 468 g/mol. The van der Waals surface area contributed by atoms with E-state index in [2.05, 4.69) is 10.6 Å². The number of carbonyl (C=O) groups is 4. The van der Waals surface area contributed by atoms with Crippen LogP contribution in [0.2, 0.25) is 0 Å². The fraction of sp³-hybridized carbons (Fsp3) is 0.360. The molecule has 34 heavy (non-hydrogen) atoms. The molecule has 0 radical (unpaired) electrons. The number of nitrogens with zero attached hydrogens (tertiary/aromatic N) is 1. The van der Waals surface area contributed by atoms with Gasteiger partial charge in [0, 0.05) is 24.7 Å². The number of aliphatic carboxylic acids is 1. The lowest BCUT2D eigenvalue weighted by atomic mass is 10.0. The van der Waals surface area contributed by atoms with Crippen molar-refractivity contribution in [1.29, 1.82) is 0 Å². The Kier molecular flexibility index (Phi) is 8.61. The van der Waals surface area contributed by atoms with E-state index in [1.165, 1.54) is 4.90 Å². The zero-order valence-electron chi connectivity index (χ0n) is 19.1. The Balaban J connectivity index is 1.79. The van der Waals surface area contributed by atoms with Crippen LogP contribution in [0.1, 0.15) is 45.5 Å². The molecule has 0 aromatic heterocycles. The van der Waals surface area contributed by atoms with Gasteiger partial charge >= 0.3 is 5.97 Å². The van der Waals surface area contributed by atoms with Crippen molar-refractivity contribution in [2.75, 3.05) is 26.7 Å². The lowest BCUT2D eigenvalue weighted by Gasteiger charge is -2.19. The zero-order chi connectivity index (χ0) is 24.5. The third kappa shape index (κ3) is 6.81. The Morgan fingerprint density at radius 3 is 2.65 bits per heavy atom. The summed E-state index contributed by atoms with van der Waals surface area (Å²) in [6.07, 6.45) is 1.34. The Morgan fingerprint density at radius 2 is 1.85 bits per heavy atom. The van der Waals surface area contributed by atoms with E-state index in [0.29, 0.717) is 42.8 Å². The van der Waals surface area contributed by atoms with E-state index in [9.17, 15) is 24.3 Å². The predicted octanol–water partition coefficient (Wildman–Crippen LogP) is 1.86. The highest BCUT2D eigenvalue weighted by molar-refractivity contribution is 5.97. The molecule has 180 valence electrons. The molecule has 3 rings (SSSR count). The molecule has 0 unspecified atom stereocenters. The first-order valence-electron chi connectivity index (χ1n) is 11.2. The van der Waals surface area contributed by atoms with Crippen molar-refractivity contribution in [2.45, 2.75) is 31.7 Å². The van der Waals surface area contributed by atoms with Gasteiger partial charge < -0.3 is 25.4 Å². The summed E-state index contributed by atoms with van der Waals surface area (Å²) in [5.74, 6) is -1.62. The Labute approximate surface area is 198 Å². The Bertz CT molecular complexity index is 1050. The highest BCUT2D eigenvalue weighted by Crippen LogP contribution is 2.15. The standard InChI is InChI=1S/C25H29N3O6/c1-28-13-14-34-19-9-6-8-18(15-19)23(30)27-21(25(32)33)11-4-5-12-26-24(31)20-10-3-2-7-17(20)16-22(28)29/h2-3,6-10,15,21H,4-5,11-14,16H2,1H3,(H,26,31)(H,27,30)(H,32,33)/t21-/m0/s1. The number of nitrogens with one attached hydrogen (secondary N) is 2. The van der Waals surface area contributed by atoms with Crippen LogP contribution in [0.25, 0.3) is 0 Å². The fourth-order valence-electron chi connectivity index (χ4n) is 3.62. The van der Waals surface area contributed by atoms with E-state index >= 15 is 0 Å². The van der Waals surface area contributed by atoms with Gasteiger partial charge in [-0.05, 0) is 49.1 Å². The van der Waals surface area contributed by atoms with E-state index in [1.54, 1.807) is 55.6 Å². The van der Waals surface area contributed by atoms with E-state index in [-0.39, 0.29) is 36.8 Å². The van der Waals surface area contributed by atoms with Crippen LogP contribution in [0, 0.1) is 0 Å². The maximum Gasteiger partial charge on any atom is 0.326 e. The second-order valence-corrected chi connectivity index (χ2v) is 8.14. The first-order chi connectivity index (χ1) is 16.3. The summed E-state index contributed by atoms with van der Waals surface area (Å²) in [5, 5.41) is 14.9. The molecule has 1 aliphatic heterocycles. The van der Waals surface area contributed by atoms with Crippen LogP contribution in [0.3, 0.4) is 0 Å². The van der Waals surface area contributed by atoms with Gasteiger partial charge in [-0.15, -0.1) is 0 Å². The average Bonchev–Trinajstić information content (AvgIpc) is 2.82. The van der Waals surface area contributed by atoms with Crippen LogP contribution >= 0.6 is 0 Å². The second-order valence-electron chi connectivity index (χ2n) is 8.14. The molecule has 2 aromatic carbocycles. The predicted molar refractivity (Wildman–Crippen MR) is 125 cm³/mol. The number of carbonyl (C=O) groups excluding carboxylic acids is 3. The van der Waals surface area contributed by atoms with Crippen molar-refractivity contribution < 1.29 is 29.0 Å². The van der Waals surface area contributed by atoms with Gasteiger partial charge in [0.1, 0.15) is 18.4 Å². The molecule has 3 N–H and O–H groups in total. The molecular weight excluding hydrogens is 438 g/mol. The highest BCUT2D eigenvalue weighted by Gasteiger charge is 2.21. The van der Waals surface area contributed by atoms with E-state index in [0.717, 1.165) is 0 Å². The summed E-state index contributed by atoms with van der Waals surface area (Å²) in [6, 6.07) is 12.4. The minimum Gasteiger partial charge on any atom is -0.492 e. The number of rotatable bonds is 1. The van der Waals surface area contributed by atoms with Crippen molar-refractivity contribution in [3.8, 4) is 5.75 Å². The smallest absolute Gasteiger partial charge is 0.326 e. The third-order valence-corrected chi connectivity index (χ3v) is 5.63. The summed E-state index contributed by atoms with van der Waals surface area (Å²) >= 11 is 0. The number of amides is 3. The number of carboxylic acid groups (broad SMARTS) is 1. The second kappa shape index (κ2) is 11.8. The number of hydrogen-bond donors (Lipinski definition) is 3. The van der Waals surface area contributed by atoms with Crippen LogP contribution in [-0.2, 0) is 16.0 Å². The summed E-state index contributed by atoms with van der Waals surface area (Å²) < 4.78 is 5.70. The van der Waals surface area contributed by atoms with Gasteiger partial charge in [-0.2, -0.15) is 0 Å². The van der Waals surface area contributed by atoms with Crippen LogP contribution in [0.4, 0.5) is 0 Å². The quantitative estimate of drug-likeness (QED) is 0.588. The number of benzene rings is 2. The van der Waals surface area contributed by atoms with Crippen molar-refractivity contribution >= 4 is 23.7 Å². The summed E-state index contributed by atoms with van der Waals surface area (Å²) in [6.45, 7) is 0.860. The first kappa shape index (κ1) is 24.8. The summed E-state index contributed by atoms with van der Waals surface area (Å²) in [4.78, 5) is 51.1. The Morgan fingerprint density at radius 1 is 1.06 bits per heavy atom. The van der Waals surface area contributed by atoms with Crippen LogP contribution in [0.15, 0.2) is 48.5 Å². The SMILES string of the molecule is CN1CCOc2cccc(c2)C(=O)N[C@H](C(=O)O)CCCCNC(=O)c2ccccc2CC1=O. The van der Waals surface area contributed by atoms with Gasteiger partial charge in [0.15, 0.2) is 0 Å². The van der Waals surface area contributed by atoms with Crippen molar-refractivity contribution in [3.05, 3.63) is 65.2 Å². The first-order valence-corrected chi connectivity index (χ1v) is 11.2. The van der Waals surface area contributed by atoms with E-state index in [4.69, 9.17) is 4.74 Å². The molecule has 9 heteroatoms. The maximum absolute atomic E-state index is 12.7. The van der Waals surface area contributed by atoms with Crippen molar-refractivity contribution in [3.63, 3.8) is 0 Å². The van der Waals surface area contributed by atoms with E-state index in [1.807, 2.05) is 0 Å². The maximum atomic E-state index is 12.7. The van der Waals surface area contributed by atoms with Crippen LogP contribution in [0.5, 0.6) is 5.75 Å². The van der Waals surface area contributed by atoms with Gasteiger partial charge in [-0.25, -0.2) is 4.79 Å². The molecule has 1 aliphatic rings. The molecule has 1 atom stereocenters. The molecule has 0 aliphatic carbocycles. The topological polar surface area (TPSA) is 125 Å². The Hall–Kier alpha value is -3.88. The van der Waals surface area contributed by atoms with Gasteiger partial charge in [0.2, 0.25) is 5.91 Å². The van der Waals surface area contributed by atoms with Crippen LogP contribution < -0.4 is 15.4 Å². The van der Waals surface area contributed by atoms with Gasteiger partial charge in [-0.1, -0.05) is 24.3 Å². The zero-order valence-corrected chi connectivity index (χ0v) is 19.1. The molecule has 0 saturated carbocycles. The number of fused-ring (bicyclic) bond motifs is 3. The third-order valence-electron chi connectivity index (χ3n) is 5.63.